The molecule has 3 N–H and O–H groups in total. The van der Waals surface area contributed by atoms with Crippen LogP contribution in [-0.4, -0.2) is 28.9 Å². The van der Waals surface area contributed by atoms with Crippen molar-refractivity contribution in [3.8, 4) is 5.75 Å². The largest absolute Gasteiger partial charge is 0.508 e. The zero-order valence-corrected chi connectivity index (χ0v) is 8.84. The van der Waals surface area contributed by atoms with Crippen molar-refractivity contribution in [1.82, 2.24) is 0 Å². The van der Waals surface area contributed by atoms with Gasteiger partial charge in [-0.15, -0.1) is 0 Å². The summed E-state index contributed by atoms with van der Waals surface area (Å²) in [7, 11) is 0. The van der Waals surface area contributed by atoms with Gasteiger partial charge in [0.1, 0.15) is 12.4 Å². The minimum atomic E-state index is -1.26. The van der Waals surface area contributed by atoms with Gasteiger partial charge in [-0.2, -0.15) is 0 Å². The Kier molecular flexibility index (Phi) is 4.10. The Hall–Kier alpha value is -2.50. The molecule has 0 atom stereocenters. The van der Waals surface area contributed by atoms with Crippen LogP contribution in [0.15, 0.2) is 30.9 Å². The molecule has 0 saturated carbocycles. The highest BCUT2D eigenvalue weighted by Crippen LogP contribution is 2.21. The SMILES string of the molecule is C=CCOC(=O)Nc1ccc(O)cc1C(=O)O. The number of anilines is 1. The zero-order valence-electron chi connectivity index (χ0n) is 8.84. The van der Waals surface area contributed by atoms with Crippen molar-refractivity contribution in [2.24, 2.45) is 0 Å². The summed E-state index contributed by atoms with van der Waals surface area (Å²) in [6, 6.07) is 3.56. The van der Waals surface area contributed by atoms with Crippen LogP contribution in [0.2, 0.25) is 0 Å². The minimum Gasteiger partial charge on any atom is -0.508 e. The smallest absolute Gasteiger partial charge is 0.411 e. The van der Waals surface area contributed by atoms with Crippen molar-refractivity contribution in [2.75, 3.05) is 11.9 Å². The second kappa shape index (κ2) is 5.55. The molecule has 6 heteroatoms. The van der Waals surface area contributed by atoms with Crippen molar-refractivity contribution in [3.63, 3.8) is 0 Å². The molecular weight excluding hydrogens is 226 g/mol. The third kappa shape index (κ3) is 3.53. The molecule has 1 rings (SSSR count). The van der Waals surface area contributed by atoms with E-state index in [0.29, 0.717) is 0 Å². The van der Waals surface area contributed by atoms with Gasteiger partial charge in [0.2, 0.25) is 0 Å². The quantitative estimate of drug-likeness (QED) is 0.548. The van der Waals surface area contributed by atoms with Crippen LogP contribution >= 0.6 is 0 Å². The van der Waals surface area contributed by atoms with Crippen LogP contribution in [0.3, 0.4) is 0 Å². The first kappa shape index (κ1) is 12.6. The summed E-state index contributed by atoms with van der Waals surface area (Å²) in [5.41, 5.74) is -0.176. The van der Waals surface area contributed by atoms with E-state index in [-0.39, 0.29) is 23.6 Å². The molecule has 1 amide bonds. The Balaban J connectivity index is 2.86. The lowest BCUT2D eigenvalue weighted by atomic mass is 10.1. The maximum atomic E-state index is 11.2. The molecule has 0 aliphatic heterocycles. The van der Waals surface area contributed by atoms with Gasteiger partial charge in [-0.1, -0.05) is 12.7 Å². The Labute approximate surface area is 97.1 Å². The van der Waals surface area contributed by atoms with Gasteiger partial charge in [-0.05, 0) is 18.2 Å². The molecule has 0 saturated heterocycles. The van der Waals surface area contributed by atoms with Crippen LogP contribution in [0, 0.1) is 0 Å². The number of nitrogens with one attached hydrogen (secondary N) is 1. The maximum absolute atomic E-state index is 11.2. The number of carboxylic acid groups (broad SMARTS) is 1. The monoisotopic (exact) mass is 237 g/mol. The van der Waals surface area contributed by atoms with Crippen LogP contribution in [0.4, 0.5) is 10.5 Å². The summed E-state index contributed by atoms with van der Waals surface area (Å²) in [5, 5.41) is 20.3. The third-order valence-corrected chi connectivity index (χ3v) is 1.80. The number of benzene rings is 1. The van der Waals surface area contributed by atoms with E-state index in [2.05, 4.69) is 16.6 Å². The maximum Gasteiger partial charge on any atom is 0.411 e. The van der Waals surface area contributed by atoms with Crippen LogP contribution in [0.1, 0.15) is 10.4 Å². The summed E-state index contributed by atoms with van der Waals surface area (Å²) < 4.78 is 4.64. The molecule has 1 aromatic carbocycles. The highest BCUT2D eigenvalue weighted by molar-refractivity contribution is 5.99. The molecule has 0 spiro atoms. The molecule has 0 unspecified atom stereocenters. The first-order valence-corrected chi connectivity index (χ1v) is 4.65. The number of hydrogen-bond donors (Lipinski definition) is 3. The predicted molar refractivity (Wildman–Crippen MR) is 60.2 cm³/mol. The number of hydrogen-bond acceptors (Lipinski definition) is 4. The number of aromatic carboxylic acids is 1. The molecule has 0 aliphatic carbocycles. The molecule has 90 valence electrons. The van der Waals surface area contributed by atoms with E-state index in [1.54, 1.807) is 0 Å². The Morgan fingerprint density at radius 1 is 1.47 bits per heavy atom. The van der Waals surface area contributed by atoms with E-state index in [0.717, 1.165) is 6.07 Å². The predicted octanol–water partition coefficient (Wildman–Crippen LogP) is 1.82. The average molecular weight is 237 g/mol. The Bertz CT molecular complexity index is 455. The van der Waals surface area contributed by atoms with Crippen molar-refractivity contribution < 1.29 is 24.5 Å². The molecule has 0 heterocycles. The van der Waals surface area contributed by atoms with E-state index in [1.165, 1.54) is 18.2 Å². The number of phenolic OH excluding ortho intramolecular Hbond substituents is 1. The van der Waals surface area contributed by atoms with E-state index in [9.17, 15) is 9.59 Å². The van der Waals surface area contributed by atoms with Crippen LogP contribution < -0.4 is 5.32 Å². The van der Waals surface area contributed by atoms with Crippen molar-refractivity contribution in [1.29, 1.82) is 0 Å². The summed E-state index contributed by atoms with van der Waals surface area (Å²) in [6.07, 6.45) is 0.590. The van der Waals surface area contributed by atoms with Crippen molar-refractivity contribution in [3.05, 3.63) is 36.4 Å². The first-order valence-electron chi connectivity index (χ1n) is 4.65. The van der Waals surface area contributed by atoms with Gasteiger partial charge < -0.3 is 14.9 Å². The molecule has 0 aliphatic rings. The number of ether oxygens (including phenoxy) is 1. The first-order chi connectivity index (χ1) is 8.04. The fourth-order valence-corrected chi connectivity index (χ4v) is 1.10. The lowest BCUT2D eigenvalue weighted by molar-refractivity contribution is 0.0697. The minimum absolute atomic E-state index is 0.0202. The fraction of sp³-hybridized carbons (Fsp3) is 0.0909. The van der Waals surface area contributed by atoms with Gasteiger partial charge in [-0.25, -0.2) is 9.59 Å². The Morgan fingerprint density at radius 3 is 2.76 bits per heavy atom. The van der Waals surface area contributed by atoms with E-state index in [1.807, 2.05) is 0 Å². The van der Waals surface area contributed by atoms with E-state index >= 15 is 0 Å². The summed E-state index contributed by atoms with van der Waals surface area (Å²) >= 11 is 0. The summed E-state index contributed by atoms with van der Waals surface area (Å²) in [5.74, 6) is -1.47. The van der Waals surface area contributed by atoms with Crippen LogP contribution in [-0.2, 0) is 4.74 Å². The van der Waals surface area contributed by atoms with Gasteiger partial charge in [0, 0.05) is 0 Å². The van der Waals surface area contributed by atoms with Gasteiger partial charge in [0.05, 0.1) is 11.3 Å². The van der Waals surface area contributed by atoms with Gasteiger partial charge in [0.25, 0.3) is 0 Å². The number of carbonyl (C=O) groups excluding carboxylic acids is 1. The summed E-state index contributed by atoms with van der Waals surface area (Å²) in [4.78, 5) is 22.0. The van der Waals surface area contributed by atoms with Crippen LogP contribution in [0.25, 0.3) is 0 Å². The molecule has 1 aromatic rings. The number of amides is 1. The number of rotatable bonds is 4. The van der Waals surface area contributed by atoms with E-state index in [4.69, 9.17) is 10.2 Å². The topological polar surface area (TPSA) is 95.9 Å². The average Bonchev–Trinajstić information content (AvgIpc) is 2.28. The van der Waals surface area contributed by atoms with Gasteiger partial charge in [-0.3, -0.25) is 5.32 Å². The molecule has 0 radical (unpaired) electrons. The lowest BCUT2D eigenvalue weighted by Gasteiger charge is -2.08. The van der Waals surface area contributed by atoms with Crippen molar-refractivity contribution in [2.45, 2.75) is 0 Å². The second-order valence-electron chi connectivity index (χ2n) is 3.05. The van der Waals surface area contributed by atoms with Crippen molar-refractivity contribution >= 4 is 17.7 Å². The number of carboxylic acids is 1. The fourth-order valence-electron chi connectivity index (χ4n) is 1.10. The normalized spacial score (nSPS) is 9.41. The lowest BCUT2D eigenvalue weighted by Crippen LogP contribution is -2.16. The number of carbonyl (C=O) groups is 2. The molecule has 17 heavy (non-hydrogen) atoms. The molecular formula is C11H11NO5. The Morgan fingerprint density at radius 2 is 2.18 bits per heavy atom. The molecule has 0 bridgehead atoms. The summed E-state index contributed by atoms with van der Waals surface area (Å²) in [6.45, 7) is 3.39. The van der Waals surface area contributed by atoms with Crippen LogP contribution in [0.5, 0.6) is 5.75 Å². The number of phenols is 1. The standard InChI is InChI=1S/C11H11NO5/c1-2-5-17-11(16)12-9-4-3-7(13)6-8(9)10(14)15/h2-4,6,13H,1,5H2,(H,12,16)(H,14,15). The number of aromatic hydroxyl groups is 1. The third-order valence-electron chi connectivity index (χ3n) is 1.80. The van der Waals surface area contributed by atoms with E-state index < -0.39 is 12.1 Å². The zero-order chi connectivity index (χ0) is 12.8. The molecule has 0 fully saturated rings. The van der Waals surface area contributed by atoms with Gasteiger partial charge >= 0.3 is 12.1 Å². The highest BCUT2D eigenvalue weighted by atomic mass is 16.5. The molecule has 6 nitrogen and oxygen atoms in total. The second-order valence-corrected chi connectivity index (χ2v) is 3.05. The molecule has 0 aromatic heterocycles. The van der Waals surface area contributed by atoms with Gasteiger partial charge in [0.15, 0.2) is 0 Å². The highest BCUT2D eigenvalue weighted by Gasteiger charge is 2.13.